The topological polar surface area (TPSA) is 32.3 Å². The first-order valence-electron chi connectivity index (χ1n) is 3.72. The predicted octanol–water partition coefficient (Wildman–Crippen LogP) is 0.461. The molecule has 1 heterocycles. The Hall–Kier alpha value is 0.270. The van der Waals surface area contributed by atoms with Gasteiger partial charge in [0.15, 0.2) is 0 Å². The van der Waals surface area contributed by atoms with Gasteiger partial charge in [0.25, 0.3) is 0 Å². The summed E-state index contributed by atoms with van der Waals surface area (Å²) in [5.74, 6) is 2.41. The van der Waals surface area contributed by atoms with E-state index in [-0.39, 0.29) is 12.1 Å². The van der Waals surface area contributed by atoms with E-state index in [2.05, 4.69) is 5.32 Å². The molecule has 1 rings (SSSR count). The van der Waals surface area contributed by atoms with Gasteiger partial charge in [-0.1, -0.05) is 0 Å². The lowest BCUT2D eigenvalue weighted by atomic mass is 10.2. The van der Waals surface area contributed by atoms with Gasteiger partial charge in [-0.2, -0.15) is 11.8 Å². The average molecular weight is 161 g/mol. The Morgan fingerprint density at radius 1 is 1.50 bits per heavy atom. The van der Waals surface area contributed by atoms with Crippen molar-refractivity contribution >= 4 is 11.8 Å². The number of hydrogen-bond acceptors (Lipinski definition) is 3. The highest BCUT2D eigenvalue weighted by Crippen LogP contribution is 2.17. The number of nitrogens with one attached hydrogen (secondary N) is 1. The van der Waals surface area contributed by atoms with Gasteiger partial charge in [0.2, 0.25) is 0 Å². The minimum Gasteiger partial charge on any atom is -0.392 e. The van der Waals surface area contributed by atoms with E-state index in [0.717, 1.165) is 0 Å². The van der Waals surface area contributed by atoms with Gasteiger partial charge >= 0.3 is 0 Å². The van der Waals surface area contributed by atoms with E-state index < -0.39 is 0 Å². The first kappa shape index (κ1) is 8.37. The second kappa shape index (κ2) is 3.60. The van der Waals surface area contributed by atoms with Crippen LogP contribution in [0.15, 0.2) is 0 Å². The first-order valence-corrected chi connectivity index (χ1v) is 4.87. The molecule has 2 nitrogen and oxygen atoms in total. The highest BCUT2D eigenvalue weighted by molar-refractivity contribution is 8.00. The fourth-order valence-corrected chi connectivity index (χ4v) is 1.51. The van der Waals surface area contributed by atoms with E-state index >= 15 is 0 Å². The van der Waals surface area contributed by atoms with E-state index in [0.29, 0.717) is 6.04 Å². The lowest BCUT2D eigenvalue weighted by Gasteiger charge is -2.30. The number of hydrogen-bond donors (Lipinski definition) is 2. The van der Waals surface area contributed by atoms with Crippen molar-refractivity contribution in [2.45, 2.75) is 32.0 Å². The minimum absolute atomic E-state index is 0.231. The third-order valence-corrected chi connectivity index (χ3v) is 3.14. The molecule has 0 amide bonds. The predicted molar refractivity (Wildman–Crippen MR) is 45.4 cm³/mol. The Morgan fingerprint density at radius 2 is 2.10 bits per heavy atom. The number of thioether (sulfide) groups is 1. The molecule has 0 aliphatic carbocycles. The Balaban J connectivity index is 2.10. The van der Waals surface area contributed by atoms with Gasteiger partial charge in [-0.25, -0.2) is 0 Å². The smallest absolute Gasteiger partial charge is 0.0662 e. The largest absolute Gasteiger partial charge is 0.392 e. The standard InChI is InChI=1S/C7H15NOS/c1-5(6(2)9)8-7-3-10-4-7/h5-9H,3-4H2,1-2H3. The first-order chi connectivity index (χ1) is 4.70. The molecule has 0 spiro atoms. The Morgan fingerprint density at radius 3 is 2.40 bits per heavy atom. The minimum atomic E-state index is -0.231. The maximum atomic E-state index is 9.12. The van der Waals surface area contributed by atoms with Crippen molar-refractivity contribution in [1.29, 1.82) is 0 Å². The van der Waals surface area contributed by atoms with Crippen LogP contribution in [0.4, 0.5) is 0 Å². The van der Waals surface area contributed by atoms with Crippen LogP contribution in [0.3, 0.4) is 0 Å². The fraction of sp³-hybridized carbons (Fsp3) is 1.00. The third kappa shape index (κ3) is 2.15. The molecular weight excluding hydrogens is 146 g/mol. The maximum Gasteiger partial charge on any atom is 0.0662 e. The molecule has 2 N–H and O–H groups in total. The summed E-state index contributed by atoms with van der Waals surface area (Å²) in [6.45, 7) is 3.84. The lowest BCUT2D eigenvalue weighted by molar-refractivity contribution is 0.148. The van der Waals surface area contributed by atoms with Crippen molar-refractivity contribution in [3.05, 3.63) is 0 Å². The van der Waals surface area contributed by atoms with Gasteiger partial charge in [0.05, 0.1) is 6.10 Å². The molecule has 1 aliphatic rings. The monoisotopic (exact) mass is 161 g/mol. The van der Waals surface area contributed by atoms with Crippen molar-refractivity contribution in [3.8, 4) is 0 Å². The molecule has 1 fully saturated rings. The number of aliphatic hydroxyl groups excluding tert-OH is 1. The zero-order chi connectivity index (χ0) is 7.56. The van der Waals surface area contributed by atoms with Crippen LogP contribution in [0.25, 0.3) is 0 Å². The Bertz CT molecular complexity index is 104. The third-order valence-electron chi connectivity index (χ3n) is 1.86. The normalized spacial score (nSPS) is 25.5. The SMILES string of the molecule is CC(O)C(C)NC1CSC1. The van der Waals surface area contributed by atoms with Gasteiger partial charge in [0.1, 0.15) is 0 Å². The molecule has 0 aromatic carbocycles. The van der Waals surface area contributed by atoms with Gasteiger partial charge in [-0.3, -0.25) is 0 Å². The van der Waals surface area contributed by atoms with Crippen LogP contribution in [-0.4, -0.2) is 34.8 Å². The van der Waals surface area contributed by atoms with Crippen LogP contribution >= 0.6 is 11.8 Å². The Kier molecular flexibility index (Phi) is 3.01. The molecule has 1 saturated heterocycles. The molecule has 0 bridgehead atoms. The highest BCUT2D eigenvalue weighted by atomic mass is 32.2. The van der Waals surface area contributed by atoms with Crippen molar-refractivity contribution in [3.63, 3.8) is 0 Å². The highest BCUT2D eigenvalue weighted by Gasteiger charge is 2.21. The molecule has 0 saturated carbocycles. The number of aliphatic hydroxyl groups is 1. The summed E-state index contributed by atoms with van der Waals surface area (Å²) in [4.78, 5) is 0. The van der Waals surface area contributed by atoms with Gasteiger partial charge in [0, 0.05) is 23.6 Å². The molecule has 60 valence electrons. The van der Waals surface area contributed by atoms with Crippen LogP contribution in [0.2, 0.25) is 0 Å². The Labute approximate surface area is 66.4 Å². The van der Waals surface area contributed by atoms with E-state index in [9.17, 15) is 0 Å². The molecular formula is C7H15NOS. The summed E-state index contributed by atoms with van der Waals surface area (Å²) in [6, 6.07) is 0.889. The zero-order valence-corrected chi connectivity index (χ0v) is 7.32. The summed E-state index contributed by atoms with van der Waals surface area (Å²) in [6.07, 6.45) is -0.231. The second-order valence-corrected chi connectivity index (χ2v) is 4.01. The molecule has 1 aliphatic heterocycles. The fourth-order valence-electron chi connectivity index (χ4n) is 0.843. The lowest BCUT2D eigenvalue weighted by Crippen LogP contribution is -2.48. The summed E-state index contributed by atoms with van der Waals surface area (Å²) >= 11 is 1.95. The van der Waals surface area contributed by atoms with Crippen molar-refractivity contribution < 1.29 is 5.11 Å². The summed E-state index contributed by atoms with van der Waals surface area (Å²) in [7, 11) is 0. The maximum absolute atomic E-state index is 9.12. The zero-order valence-electron chi connectivity index (χ0n) is 6.50. The molecule has 10 heavy (non-hydrogen) atoms. The van der Waals surface area contributed by atoms with E-state index in [1.54, 1.807) is 0 Å². The molecule has 0 aromatic rings. The van der Waals surface area contributed by atoms with Gasteiger partial charge < -0.3 is 10.4 Å². The summed E-state index contributed by atoms with van der Waals surface area (Å²) in [5.41, 5.74) is 0. The van der Waals surface area contributed by atoms with Crippen LogP contribution in [0, 0.1) is 0 Å². The van der Waals surface area contributed by atoms with Crippen molar-refractivity contribution in [2.75, 3.05) is 11.5 Å². The average Bonchev–Trinajstić information content (AvgIpc) is 1.77. The van der Waals surface area contributed by atoms with Crippen molar-refractivity contribution in [2.24, 2.45) is 0 Å². The summed E-state index contributed by atoms with van der Waals surface area (Å²) in [5, 5.41) is 12.5. The van der Waals surface area contributed by atoms with Crippen LogP contribution < -0.4 is 5.32 Å². The number of rotatable bonds is 3. The second-order valence-electron chi connectivity index (χ2n) is 2.93. The molecule has 2 atom stereocenters. The van der Waals surface area contributed by atoms with E-state index in [1.807, 2.05) is 25.6 Å². The molecule has 3 heteroatoms. The van der Waals surface area contributed by atoms with Crippen LogP contribution in [0.5, 0.6) is 0 Å². The van der Waals surface area contributed by atoms with Gasteiger partial charge in [-0.05, 0) is 13.8 Å². The van der Waals surface area contributed by atoms with Crippen molar-refractivity contribution in [1.82, 2.24) is 5.32 Å². The molecule has 0 radical (unpaired) electrons. The molecule has 2 unspecified atom stereocenters. The van der Waals surface area contributed by atoms with E-state index in [1.165, 1.54) is 11.5 Å². The van der Waals surface area contributed by atoms with Crippen LogP contribution in [-0.2, 0) is 0 Å². The molecule has 0 aromatic heterocycles. The summed E-state index contributed by atoms with van der Waals surface area (Å²) < 4.78 is 0. The van der Waals surface area contributed by atoms with Gasteiger partial charge in [-0.15, -0.1) is 0 Å². The van der Waals surface area contributed by atoms with Crippen LogP contribution in [0.1, 0.15) is 13.8 Å². The van der Waals surface area contributed by atoms with E-state index in [4.69, 9.17) is 5.11 Å². The quantitative estimate of drug-likeness (QED) is 0.631.